The van der Waals surface area contributed by atoms with E-state index >= 15 is 0 Å². The minimum atomic E-state index is -3.53. The molecule has 0 spiro atoms. The number of carbonyl (C=O) groups is 2. The number of sulfonamides is 1. The Morgan fingerprint density at radius 2 is 1.70 bits per heavy atom. The molecule has 10 nitrogen and oxygen atoms in total. The monoisotopic (exact) mass is 476 g/mol. The van der Waals surface area contributed by atoms with Crippen molar-refractivity contribution in [2.75, 3.05) is 32.8 Å². The van der Waals surface area contributed by atoms with Crippen LogP contribution in [0.3, 0.4) is 0 Å². The number of hydrogen-bond acceptors (Lipinski definition) is 8. The van der Waals surface area contributed by atoms with Gasteiger partial charge in [0.15, 0.2) is 0 Å². The zero-order valence-electron chi connectivity index (χ0n) is 18.6. The summed E-state index contributed by atoms with van der Waals surface area (Å²) >= 11 is 0. The number of benzene rings is 1. The minimum Gasteiger partial charge on any atom is -0.466 e. The summed E-state index contributed by atoms with van der Waals surface area (Å²) in [5, 5.41) is 7.82. The van der Waals surface area contributed by atoms with Crippen LogP contribution in [-0.2, 0) is 19.6 Å². The van der Waals surface area contributed by atoms with Crippen molar-refractivity contribution in [3.8, 4) is 11.5 Å². The summed E-state index contributed by atoms with van der Waals surface area (Å²) in [6.45, 7) is 4.00. The molecule has 4 rings (SSSR count). The standard InChI is InChI=1S/C22H28N4O6S/c1-2-31-22(28)17-10-14-25(15-11-17)21(27)20-24-23-19(32-20)16-6-8-18(9-7-16)33(29,30)26-12-4-3-5-13-26/h6-9,17H,2-5,10-15H2,1H3. The predicted molar refractivity (Wildman–Crippen MR) is 118 cm³/mol. The molecule has 0 atom stereocenters. The van der Waals surface area contributed by atoms with Crippen LogP contribution in [0.4, 0.5) is 0 Å². The number of ether oxygens (including phenoxy) is 1. The van der Waals surface area contributed by atoms with Gasteiger partial charge in [-0.05, 0) is 56.9 Å². The van der Waals surface area contributed by atoms with Crippen LogP contribution in [0.2, 0.25) is 0 Å². The van der Waals surface area contributed by atoms with E-state index < -0.39 is 10.0 Å². The Balaban J connectivity index is 1.40. The highest BCUT2D eigenvalue weighted by Gasteiger charge is 2.31. The van der Waals surface area contributed by atoms with Crippen LogP contribution < -0.4 is 0 Å². The molecule has 0 saturated carbocycles. The summed E-state index contributed by atoms with van der Waals surface area (Å²) in [6.07, 6.45) is 3.84. The second kappa shape index (κ2) is 10.0. The normalized spacial score (nSPS) is 18.3. The van der Waals surface area contributed by atoms with Crippen LogP contribution in [0.5, 0.6) is 0 Å². The maximum atomic E-state index is 12.8. The SMILES string of the molecule is CCOC(=O)C1CCN(C(=O)c2nnc(-c3ccc(S(=O)(=O)N4CCCCC4)cc3)o2)CC1. The first-order valence-electron chi connectivity index (χ1n) is 11.3. The lowest BCUT2D eigenvalue weighted by Gasteiger charge is -2.29. The second-order valence-corrected chi connectivity index (χ2v) is 10.2. The van der Waals surface area contributed by atoms with E-state index in [1.165, 1.54) is 16.4 Å². The lowest BCUT2D eigenvalue weighted by molar-refractivity contribution is -0.149. The maximum Gasteiger partial charge on any atom is 0.311 e. The first-order valence-corrected chi connectivity index (χ1v) is 12.7. The largest absolute Gasteiger partial charge is 0.466 e. The minimum absolute atomic E-state index is 0.135. The molecule has 11 heteroatoms. The molecule has 2 aromatic rings. The van der Waals surface area contributed by atoms with Crippen molar-refractivity contribution >= 4 is 21.9 Å². The molecule has 0 bridgehead atoms. The number of amides is 1. The van der Waals surface area contributed by atoms with Gasteiger partial charge in [0.25, 0.3) is 0 Å². The van der Waals surface area contributed by atoms with Gasteiger partial charge in [-0.3, -0.25) is 9.59 Å². The molecule has 2 fully saturated rings. The summed E-state index contributed by atoms with van der Waals surface area (Å²) < 4.78 is 37.7. The Hall–Kier alpha value is -2.79. The zero-order valence-corrected chi connectivity index (χ0v) is 19.4. The van der Waals surface area contributed by atoms with Gasteiger partial charge < -0.3 is 14.1 Å². The van der Waals surface area contributed by atoms with Crippen LogP contribution in [0.15, 0.2) is 33.6 Å². The van der Waals surface area contributed by atoms with Crippen molar-refractivity contribution in [3.63, 3.8) is 0 Å². The highest BCUT2D eigenvalue weighted by Crippen LogP contribution is 2.25. The molecule has 2 saturated heterocycles. The molecule has 33 heavy (non-hydrogen) atoms. The fourth-order valence-electron chi connectivity index (χ4n) is 4.16. The number of likely N-dealkylation sites (tertiary alicyclic amines) is 1. The molecule has 0 radical (unpaired) electrons. The fourth-order valence-corrected chi connectivity index (χ4v) is 5.68. The number of carbonyl (C=O) groups excluding carboxylic acids is 2. The number of piperidine rings is 2. The average Bonchev–Trinajstić information content (AvgIpc) is 3.35. The van der Waals surface area contributed by atoms with Crippen LogP contribution in [-0.4, -0.2) is 72.5 Å². The first-order chi connectivity index (χ1) is 15.9. The summed E-state index contributed by atoms with van der Waals surface area (Å²) in [4.78, 5) is 26.4. The van der Waals surface area contributed by atoms with Crippen molar-refractivity contribution in [1.82, 2.24) is 19.4 Å². The number of hydrogen-bond donors (Lipinski definition) is 0. The third kappa shape index (κ3) is 5.09. The number of nitrogens with zero attached hydrogens (tertiary/aromatic N) is 4. The van der Waals surface area contributed by atoms with Crippen molar-refractivity contribution in [3.05, 3.63) is 30.2 Å². The highest BCUT2D eigenvalue weighted by atomic mass is 32.2. The second-order valence-electron chi connectivity index (χ2n) is 8.22. The Morgan fingerprint density at radius 1 is 1.03 bits per heavy atom. The molecule has 1 aromatic heterocycles. The molecule has 0 aliphatic carbocycles. The molecular weight excluding hydrogens is 448 g/mol. The van der Waals surface area contributed by atoms with Gasteiger partial charge in [-0.2, -0.15) is 4.31 Å². The summed E-state index contributed by atoms with van der Waals surface area (Å²) in [6, 6.07) is 6.24. The van der Waals surface area contributed by atoms with Crippen LogP contribution in [0, 0.1) is 5.92 Å². The number of esters is 1. The molecule has 178 valence electrons. The van der Waals surface area contributed by atoms with E-state index in [1.54, 1.807) is 24.0 Å². The quantitative estimate of drug-likeness (QED) is 0.582. The first kappa shape index (κ1) is 23.4. The van der Waals surface area contributed by atoms with Gasteiger partial charge in [-0.1, -0.05) is 6.42 Å². The van der Waals surface area contributed by atoms with Crippen LogP contribution >= 0.6 is 0 Å². The maximum absolute atomic E-state index is 12.8. The predicted octanol–water partition coefficient (Wildman–Crippen LogP) is 2.33. The van der Waals surface area contributed by atoms with Crippen molar-refractivity contribution < 1.29 is 27.2 Å². The zero-order chi connectivity index (χ0) is 23.4. The molecule has 3 heterocycles. The smallest absolute Gasteiger partial charge is 0.311 e. The van der Waals surface area contributed by atoms with E-state index in [9.17, 15) is 18.0 Å². The summed E-state index contributed by atoms with van der Waals surface area (Å²) in [5.41, 5.74) is 0.528. The third-order valence-corrected chi connectivity index (χ3v) is 7.98. The summed E-state index contributed by atoms with van der Waals surface area (Å²) in [7, 11) is -3.53. The number of rotatable bonds is 6. The highest BCUT2D eigenvalue weighted by molar-refractivity contribution is 7.89. The lowest BCUT2D eigenvalue weighted by atomic mass is 9.97. The Labute approximate surface area is 193 Å². The molecular formula is C22H28N4O6S. The Kier molecular flexibility index (Phi) is 7.08. The van der Waals surface area contributed by atoms with E-state index in [1.807, 2.05) is 0 Å². The average molecular weight is 477 g/mol. The van der Waals surface area contributed by atoms with Gasteiger partial charge in [0.05, 0.1) is 17.4 Å². The van der Waals surface area contributed by atoms with E-state index in [2.05, 4.69) is 10.2 Å². The van der Waals surface area contributed by atoms with Crippen molar-refractivity contribution in [2.45, 2.75) is 43.9 Å². The van der Waals surface area contributed by atoms with E-state index in [0.717, 1.165) is 19.3 Å². The molecule has 0 N–H and O–H groups in total. The Morgan fingerprint density at radius 3 is 2.33 bits per heavy atom. The van der Waals surface area contributed by atoms with Gasteiger partial charge in [0.1, 0.15) is 0 Å². The lowest BCUT2D eigenvalue weighted by Crippen LogP contribution is -2.40. The molecule has 1 aromatic carbocycles. The topological polar surface area (TPSA) is 123 Å². The van der Waals surface area contributed by atoms with E-state index in [0.29, 0.717) is 51.2 Å². The van der Waals surface area contributed by atoms with Crippen LogP contribution in [0.1, 0.15) is 49.7 Å². The summed E-state index contributed by atoms with van der Waals surface area (Å²) in [5.74, 6) is -0.811. The molecule has 1 amide bonds. The van der Waals surface area contributed by atoms with Crippen LogP contribution in [0.25, 0.3) is 11.5 Å². The molecule has 2 aliphatic heterocycles. The van der Waals surface area contributed by atoms with E-state index in [-0.39, 0.29) is 34.5 Å². The van der Waals surface area contributed by atoms with Crippen molar-refractivity contribution in [2.24, 2.45) is 5.92 Å². The van der Waals surface area contributed by atoms with Gasteiger partial charge in [-0.25, -0.2) is 8.42 Å². The third-order valence-electron chi connectivity index (χ3n) is 6.06. The van der Waals surface area contributed by atoms with Crippen molar-refractivity contribution in [1.29, 1.82) is 0 Å². The molecule has 0 unspecified atom stereocenters. The van der Waals surface area contributed by atoms with Gasteiger partial charge in [0.2, 0.25) is 15.9 Å². The van der Waals surface area contributed by atoms with Gasteiger partial charge in [-0.15, -0.1) is 10.2 Å². The number of aromatic nitrogens is 2. The Bertz CT molecular complexity index is 1080. The fraction of sp³-hybridized carbons (Fsp3) is 0.545. The van der Waals surface area contributed by atoms with Gasteiger partial charge >= 0.3 is 17.8 Å². The van der Waals surface area contributed by atoms with Gasteiger partial charge in [0, 0.05) is 31.7 Å². The van der Waals surface area contributed by atoms with E-state index in [4.69, 9.17) is 9.15 Å². The molecule has 2 aliphatic rings.